The van der Waals surface area contributed by atoms with E-state index in [4.69, 9.17) is 4.74 Å². The van der Waals surface area contributed by atoms with Crippen molar-refractivity contribution in [1.82, 2.24) is 10.2 Å². The highest BCUT2D eigenvalue weighted by Gasteiger charge is 2.32. The Morgan fingerprint density at radius 2 is 1.93 bits per heavy atom. The Bertz CT molecular complexity index is 717. The standard InChI is InChI=1S/C18H25N3O6/c1-4-18(2,20-5-7-27-8-6-20)12-19-16(22)13-9-14(17(23)26-3)11-15(10-13)21(24)25/h9-11H,4-8,12H2,1-3H3,(H,19,22). The molecule has 0 aromatic heterocycles. The highest BCUT2D eigenvalue weighted by Crippen LogP contribution is 2.21. The lowest BCUT2D eigenvalue weighted by Gasteiger charge is -2.43. The molecule has 0 saturated carbocycles. The fraction of sp³-hybridized carbons (Fsp3) is 0.556. The van der Waals surface area contributed by atoms with E-state index >= 15 is 0 Å². The molecule has 1 aromatic carbocycles. The van der Waals surface area contributed by atoms with Gasteiger partial charge >= 0.3 is 5.97 Å². The van der Waals surface area contributed by atoms with Crippen molar-refractivity contribution in [1.29, 1.82) is 0 Å². The zero-order chi connectivity index (χ0) is 20.0. The van der Waals surface area contributed by atoms with Crippen molar-refractivity contribution >= 4 is 17.6 Å². The molecule has 1 aliphatic rings. The van der Waals surface area contributed by atoms with Gasteiger partial charge in [-0.25, -0.2) is 4.79 Å². The van der Waals surface area contributed by atoms with E-state index in [9.17, 15) is 19.7 Å². The van der Waals surface area contributed by atoms with Gasteiger partial charge in [0, 0.05) is 42.9 Å². The number of nitrogens with one attached hydrogen (secondary N) is 1. The van der Waals surface area contributed by atoms with E-state index in [1.807, 2.05) is 6.92 Å². The second-order valence-corrected chi connectivity index (χ2v) is 6.65. The Morgan fingerprint density at radius 1 is 1.30 bits per heavy atom. The molecule has 148 valence electrons. The minimum absolute atomic E-state index is 0.0386. The quantitative estimate of drug-likeness (QED) is 0.435. The van der Waals surface area contributed by atoms with Crippen molar-refractivity contribution in [3.05, 3.63) is 39.4 Å². The van der Waals surface area contributed by atoms with Crippen LogP contribution in [-0.4, -0.2) is 67.2 Å². The van der Waals surface area contributed by atoms with Gasteiger partial charge in [0.05, 0.1) is 30.8 Å². The van der Waals surface area contributed by atoms with Gasteiger partial charge in [-0.05, 0) is 19.4 Å². The van der Waals surface area contributed by atoms with E-state index in [-0.39, 0.29) is 22.4 Å². The maximum absolute atomic E-state index is 12.6. The molecule has 0 aliphatic carbocycles. The highest BCUT2D eigenvalue weighted by atomic mass is 16.6. The van der Waals surface area contributed by atoms with Crippen molar-refractivity contribution in [3.8, 4) is 0 Å². The molecule has 1 heterocycles. The first-order chi connectivity index (χ1) is 12.8. The van der Waals surface area contributed by atoms with Crippen LogP contribution in [0.3, 0.4) is 0 Å². The molecule has 0 bridgehead atoms. The molecular weight excluding hydrogens is 354 g/mol. The van der Waals surface area contributed by atoms with Crippen LogP contribution in [0, 0.1) is 10.1 Å². The summed E-state index contributed by atoms with van der Waals surface area (Å²) in [6, 6.07) is 3.54. The van der Waals surface area contributed by atoms with Crippen LogP contribution in [0.1, 0.15) is 41.0 Å². The van der Waals surface area contributed by atoms with Crippen molar-refractivity contribution in [2.75, 3.05) is 40.0 Å². The molecule has 1 amide bonds. The van der Waals surface area contributed by atoms with Crippen LogP contribution >= 0.6 is 0 Å². The number of carbonyl (C=O) groups is 2. The average molecular weight is 379 g/mol. The van der Waals surface area contributed by atoms with Crippen molar-refractivity contribution in [3.63, 3.8) is 0 Å². The average Bonchev–Trinajstić information content (AvgIpc) is 2.71. The molecule has 1 unspecified atom stereocenters. The Morgan fingerprint density at radius 3 is 2.48 bits per heavy atom. The predicted molar refractivity (Wildman–Crippen MR) is 97.9 cm³/mol. The van der Waals surface area contributed by atoms with Crippen molar-refractivity contribution in [2.45, 2.75) is 25.8 Å². The molecular formula is C18H25N3O6. The summed E-state index contributed by atoms with van der Waals surface area (Å²) >= 11 is 0. The van der Waals surface area contributed by atoms with Gasteiger partial charge in [-0.3, -0.25) is 19.8 Å². The fourth-order valence-corrected chi connectivity index (χ4v) is 3.02. The van der Waals surface area contributed by atoms with Gasteiger partial charge in [-0.1, -0.05) is 6.92 Å². The SMILES string of the molecule is CCC(C)(CNC(=O)c1cc(C(=O)OC)cc([N+](=O)[O-])c1)N1CCOCC1. The van der Waals surface area contributed by atoms with Crippen LogP contribution in [0.5, 0.6) is 0 Å². The van der Waals surface area contributed by atoms with Crippen LogP contribution < -0.4 is 5.32 Å². The zero-order valence-corrected chi connectivity index (χ0v) is 15.8. The van der Waals surface area contributed by atoms with Gasteiger partial charge in [0.1, 0.15) is 0 Å². The number of nitro benzene ring substituents is 1. The normalized spacial score (nSPS) is 17.0. The van der Waals surface area contributed by atoms with Gasteiger partial charge in [-0.2, -0.15) is 0 Å². The smallest absolute Gasteiger partial charge is 0.338 e. The number of carbonyl (C=O) groups excluding carboxylic acids is 2. The summed E-state index contributed by atoms with van der Waals surface area (Å²) in [6.45, 7) is 7.34. The second-order valence-electron chi connectivity index (χ2n) is 6.65. The number of nitrogens with zero attached hydrogens (tertiary/aromatic N) is 2. The van der Waals surface area contributed by atoms with Crippen molar-refractivity contribution < 1.29 is 24.0 Å². The minimum Gasteiger partial charge on any atom is -0.465 e. The summed E-state index contributed by atoms with van der Waals surface area (Å²) in [7, 11) is 1.18. The number of rotatable bonds is 7. The van der Waals surface area contributed by atoms with Gasteiger partial charge in [0.2, 0.25) is 0 Å². The lowest BCUT2D eigenvalue weighted by atomic mass is 9.95. The van der Waals surface area contributed by atoms with Crippen LogP contribution in [0.2, 0.25) is 0 Å². The summed E-state index contributed by atoms with van der Waals surface area (Å²) in [5, 5.41) is 14.0. The number of morpholine rings is 1. The number of benzene rings is 1. The Balaban J connectivity index is 2.17. The van der Waals surface area contributed by atoms with Crippen LogP contribution in [0.4, 0.5) is 5.69 Å². The number of methoxy groups -OCH3 is 1. The summed E-state index contributed by atoms with van der Waals surface area (Å²) < 4.78 is 9.98. The first kappa shape index (κ1) is 20.8. The van der Waals surface area contributed by atoms with E-state index in [0.717, 1.165) is 31.6 Å². The van der Waals surface area contributed by atoms with Gasteiger partial charge < -0.3 is 14.8 Å². The van der Waals surface area contributed by atoms with Crippen LogP contribution in [-0.2, 0) is 9.47 Å². The molecule has 1 aromatic rings. The number of hydrogen-bond acceptors (Lipinski definition) is 7. The van der Waals surface area contributed by atoms with Gasteiger partial charge in [0.15, 0.2) is 0 Å². The van der Waals surface area contributed by atoms with Crippen LogP contribution in [0.15, 0.2) is 18.2 Å². The third kappa shape index (κ3) is 5.01. The lowest BCUT2D eigenvalue weighted by molar-refractivity contribution is -0.384. The number of esters is 1. The number of non-ortho nitro benzene ring substituents is 1. The number of amides is 1. The number of hydrogen-bond donors (Lipinski definition) is 1. The molecule has 1 atom stereocenters. The first-order valence-corrected chi connectivity index (χ1v) is 8.79. The zero-order valence-electron chi connectivity index (χ0n) is 15.8. The predicted octanol–water partition coefficient (Wildman–Crippen LogP) is 1.61. The van der Waals surface area contributed by atoms with E-state index < -0.39 is 16.8 Å². The molecule has 9 nitrogen and oxygen atoms in total. The van der Waals surface area contributed by atoms with E-state index in [0.29, 0.717) is 19.8 Å². The summed E-state index contributed by atoms with van der Waals surface area (Å²) in [4.78, 5) is 37.1. The Kier molecular flexibility index (Phi) is 6.86. The van der Waals surface area contributed by atoms with Gasteiger partial charge in [0.25, 0.3) is 11.6 Å². The Labute approximate surface area is 157 Å². The Hall–Kier alpha value is -2.52. The van der Waals surface area contributed by atoms with Crippen LogP contribution in [0.25, 0.3) is 0 Å². The molecule has 1 saturated heterocycles. The monoisotopic (exact) mass is 379 g/mol. The fourth-order valence-electron chi connectivity index (χ4n) is 3.02. The third-order valence-electron chi connectivity index (χ3n) is 4.98. The number of ether oxygens (including phenoxy) is 2. The summed E-state index contributed by atoms with van der Waals surface area (Å²) in [5.41, 5.74) is -0.589. The van der Waals surface area contributed by atoms with Gasteiger partial charge in [-0.15, -0.1) is 0 Å². The second kappa shape index (κ2) is 8.92. The highest BCUT2D eigenvalue weighted by molar-refractivity contribution is 5.99. The third-order valence-corrected chi connectivity index (χ3v) is 4.98. The van der Waals surface area contributed by atoms with E-state index in [1.165, 1.54) is 13.2 Å². The summed E-state index contributed by atoms with van der Waals surface area (Å²) in [6.07, 6.45) is 0.815. The molecule has 2 rings (SSSR count). The van der Waals surface area contributed by atoms with Crippen molar-refractivity contribution in [2.24, 2.45) is 0 Å². The molecule has 1 aliphatic heterocycles. The largest absolute Gasteiger partial charge is 0.465 e. The molecule has 0 radical (unpaired) electrons. The molecule has 27 heavy (non-hydrogen) atoms. The lowest BCUT2D eigenvalue weighted by Crippen LogP contribution is -2.56. The minimum atomic E-state index is -0.737. The van der Waals surface area contributed by atoms with E-state index in [1.54, 1.807) is 0 Å². The van der Waals surface area contributed by atoms with E-state index in [2.05, 4.69) is 21.9 Å². The molecule has 1 N–H and O–H groups in total. The maximum Gasteiger partial charge on any atom is 0.338 e. The molecule has 9 heteroatoms. The summed E-state index contributed by atoms with van der Waals surface area (Å²) in [5.74, 6) is -1.21. The number of nitro groups is 1. The first-order valence-electron chi connectivity index (χ1n) is 8.79. The molecule has 0 spiro atoms. The molecule has 1 fully saturated rings. The topological polar surface area (TPSA) is 111 Å². The maximum atomic E-state index is 12.6.